The third-order valence-electron chi connectivity index (χ3n) is 4.60. The van der Waals surface area contributed by atoms with Crippen LogP contribution in [0.25, 0.3) is 0 Å². The predicted molar refractivity (Wildman–Crippen MR) is 84.1 cm³/mol. The minimum Gasteiger partial charge on any atom is -0.389 e. The molecular formula is C18H32O. The molecule has 4 unspecified atom stereocenters. The summed E-state index contributed by atoms with van der Waals surface area (Å²) < 4.78 is 0. The highest BCUT2D eigenvalue weighted by atomic mass is 16.3. The largest absolute Gasteiger partial charge is 0.389 e. The molecule has 0 radical (unpaired) electrons. The maximum Gasteiger partial charge on any atom is 0.0751 e. The van der Waals surface area contributed by atoms with E-state index in [0.29, 0.717) is 11.8 Å². The molecule has 0 aromatic rings. The van der Waals surface area contributed by atoms with E-state index in [-0.39, 0.29) is 6.10 Å². The molecule has 0 saturated heterocycles. The number of rotatable bonds is 6. The number of hydrogen-bond donors (Lipinski definition) is 1. The normalized spacial score (nSPS) is 28.7. The van der Waals surface area contributed by atoms with Crippen LogP contribution in [0.2, 0.25) is 0 Å². The van der Waals surface area contributed by atoms with Gasteiger partial charge in [0.1, 0.15) is 0 Å². The first kappa shape index (κ1) is 16.5. The number of aliphatic hydroxyl groups is 1. The molecule has 0 bridgehead atoms. The van der Waals surface area contributed by atoms with Gasteiger partial charge in [-0.1, -0.05) is 44.1 Å². The van der Waals surface area contributed by atoms with Crippen molar-refractivity contribution in [3.63, 3.8) is 0 Å². The van der Waals surface area contributed by atoms with Gasteiger partial charge in [0.05, 0.1) is 6.10 Å². The van der Waals surface area contributed by atoms with Gasteiger partial charge in [-0.05, 0) is 63.7 Å². The molecule has 0 saturated carbocycles. The summed E-state index contributed by atoms with van der Waals surface area (Å²) in [5.41, 5.74) is 2.90. The predicted octanol–water partition coefficient (Wildman–Crippen LogP) is 5.11. The van der Waals surface area contributed by atoms with Crippen LogP contribution in [-0.2, 0) is 0 Å². The second-order valence-electron chi connectivity index (χ2n) is 6.86. The Balaban J connectivity index is 2.32. The molecule has 0 amide bonds. The lowest BCUT2D eigenvalue weighted by Crippen LogP contribution is -2.27. The molecule has 0 heterocycles. The first-order chi connectivity index (χ1) is 8.90. The Bertz CT molecular complexity index is 323. The first-order valence-corrected chi connectivity index (χ1v) is 7.91. The molecule has 1 N–H and O–H groups in total. The SMILES string of the molecule is CC(C)=CCCC(C)CCC1=CC(O)C(C)C(C)C1. The number of allylic oxidation sites excluding steroid dienone is 3. The molecule has 0 fully saturated rings. The zero-order valence-electron chi connectivity index (χ0n) is 13.4. The van der Waals surface area contributed by atoms with E-state index >= 15 is 0 Å². The second kappa shape index (κ2) is 7.89. The zero-order chi connectivity index (χ0) is 14.4. The molecule has 0 spiro atoms. The van der Waals surface area contributed by atoms with Crippen LogP contribution >= 0.6 is 0 Å². The fourth-order valence-corrected chi connectivity index (χ4v) is 2.82. The fraction of sp³-hybridized carbons (Fsp3) is 0.778. The molecule has 0 aromatic carbocycles. The molecule has 19 heavy (non-hydrogen) atoms. The molecule has 1 rings (SSSR count). The monoisotopic (exact) mass is 264 g/mol. The van der Waals surface area contributed by atoms with Gasteiger partial charge >= 0.3 is 0 Å². The minimum absolute atomic E-state index is 0.222. The van der Waals surface area contributed by atoms with Gasteiger partial charge in [-0.2, -0.15) is 0 Å². The average molecular weight is 264 g/mol. The molecule has 1 aliphatic carbocycles. The van der Waals surface area contributed by atoms with Crippen molar-refractivity contribution in [2.24, 2.45) is 17.8 Å². The van der Waals surface area contributed by atoms with Gasteiger partial charge < -0.3 is 5.11 Å². The fourth-order valence-electron chi connectivity index (χ4n) is 2.82. The molecule has 0 aliphatic heterocycles. The number of hydrogen-bond acceptors (Lipinski definition) is 1. The average Bonchev–Trinajstić information content (AvgIpc) is 2.32. The van der Waals surface area contributed by atoms with E-state index in [4.69, 9.17) is 0 Å². The van der Waals surface area contributed by atoms with Gasteiger partial charge in [0.15, 0.2) is 0 Å². The van der Waals surface area contributed by atoms with Crippen LogP contribution in [0.1, 0.15) is 66.7 Å². The van der Waals surface area contributed by atoms with Gasteiger partial charge in [-0.3, -0.25) is 0 Å². The van der Waals surface area contributed by atoms with Crippen molar-refractivity contribution >= 4 is 0 Å². The standard InChI is InChI=1S/C18H32O/c1-13(2)7-6-8-14(3)9-10-17-11-15(4)16(5)18(19)12-17/h7,12,14-16,18-19H,6,8-11H2,1-5H3. The molecule has 0 aromatic heterocycles. The van der Waals surface area contributed by atoms with Crippen LogP contribution in [0.4, 0.5) is 0 Å². The van der Waals surface area contributed by atoms with E-state index in [1.54, 1.807) is 0 Å². The summed E-state index contributed by atoms with van der Waals surface area (Å²) in [4.78, 5) is 0. The molecular weight excluding hydrogens is 232 g/mol. The zero-order valence-corrected chi connectivity index (χ0v) is 13.4. The second-order valence-corrected chi connectivity index (χ2v) is 6.86. The Hall–Kier alpha value is -0.560. The topological polar surface area (TPSA) is 20.2 Å². The molecule has 1 aliphatic rings. The van der Waals surface area contributed by atoms with Crippen LogP contribution in [0.15, 0.2) is 23.3 Å². The lowest BCUT2D eigenvalue weighted by atomic mass is 9.78. The van der Waals surface area contributed by atoms with Crippen molar-refractivity contribution in [3.05, 3.63) is 23.3 Å². The maximum absolute atomic E-state index is 10.0. The van der Waals surface area contributed by atoms with Crippen molar-refractivity contribution in [1.29, 1.82) is 0 Å². The number of aliphatic hydroxyl groups excluding tert-OH is 1. The summed E-state index contributed by atoms with van der Waals surface area (Å²) in [6.07, 6.45) is 10.3. The van der Waals surface area contributed by atoms with E-state index < -0.39 is 0 Å². The highest BCUT2D eigenvalue weighted by Crippen LogP contribution is 2.32. The lowest BCUT2D eigenvalue weighted by molar-refractivity contribution is 0.116. The van der Waals surface area contributed by atoms with Crippen molar-refractivity contribution < 1.29 is 5.11 Å². The van der Waals surface area contributed by atoms with E-state index in [2.05, 4.69) is 46.8 Å². The summed E-state index contributed by atoms with van der Waals surface area (Å²) in [6.45, 7) is 11.1. The third-order valence-corrected chi connectivity index (χ3v) is 4.60. The van der Waals surface area contributed by atoms with E-state index in [1.807, 2.05) is 0 Å². The molecule has 1 nitrogen and oxygen atoms in total. The maximum atomic E-state index is 10.0. The molecule has 4 atom stereocenters. The van der Waals surface area contributed by atoms with Gasteiger partial charge in [0, 0.05) is 0 Å². The summed E-state index contributed by atoms with van der Waals surface area (Å²) in [5, 5.41) is 10.0. The summed E-state index contributed by atoms with van der Waals surface area (Å²) in [6, 6.07) is 0. The van der Waals surface area contributed by atoms with E-state index in [0.717, 1.165) is 5.92 Å². The highest BCUT2D eigenvalue weighted by Gasteiger charge is 2.25. The van der Waals surface area contributed by atoms with Gasteiger partial charge in [0.2, 0.25) is 0 Å². The Labute approximate surface area is 119 Å². The van der Waals surface area contributed by atoms with Gasteiger partial charge in [-0.15, -0.1) is 0 Å². The van der Waals surface area contributed by atoms with E-state index in [9.17, 15) is 5.11 Å². The highest BCUT2D eigenvalue weighted by molar-refractivity contribution is 5.12. The Morgan fingerprint density at radius 2 is 2.05 bits per heavy atom. The van der Waals surface area contributed by atoms with Crippen LogP contribution in [-0.4, -0.2) is 11.2 Å². The lowest BCUT2D eigenvalue weighted by Gasteiger charge is -2.30. The van der Waals surface area contributed by atoms with Gasteiger partial charge in [0.25, 0.3) is 0 Å². The van der Waals surface area contributed by atoms with Crippen molar-refractivity contribution in [2.45, 2.75) is 72.8 Å². The van der Waals surface area contributed by atoms with Crippen molar-refractivity contribution in [1.82, 2.24) is 0 Å². The van der Waals surface area contributed by atoms with Crippen molar-refractivity contribution in [2.75, 3.05) is 0 Å². The summed E-state index contributed by atoms with van der Waals surface area (Å²) in [5.74, 6) is 1.82. The summed E-state index contributed by atoms with van der Waals surface area (Å²) >= 11 is 0. The van der Waals surface area contributed by atoms with Crippen LogP contribution in [0.3, 0.4) is 0 Å². The molecule has 1 heteroatoms. The summed E-state index contributed by atoms with van der Waals surface area (Å²) in [7, 11) is 0. The first-order valence-electron chi connectivity index (χ1n) is 7.91. The molecule has 110 valence electrons. The third kappa shape index (κ3) is 5.95. The Morgan fingerprint density at radius 1 is 1.37 bits per heavy atom. The Morgan fingerprint density at radius 3 is 2.63 bits per heavy atom. The minimum atomic E-state index is -0.222. The Kier molecular flexibility index (Phi) is 6.85. The van der Waals surface area contributed by atoms with Crippen LogP contribution < -0.4 is 0 Å². The van der Waals surface area contributed by atoms with Gasteiger partial charge in [-0.25, -0.2) is 0 Å². The quantitative estimate of drug-likeness (QED) is 0.661. The van der Waals surface area contributed by atoms with Crippen LogP contribution in [0, 0.1) is 17.8 Å². The smallest absolute Gasteiger partial charge is 0.0751 e. The van der Waals surface area contributed by atoms with Crippen LogP contribution in [0.5, 0.6) is 0 Å². The van der Waals surface area contributed by atoms with Crippen molar-refractivity contribution in [3.8, 4) is 0 Å². The van der Waals surface area contributed by atoms with E-state index in [1.165, 1.54) is 43.3 Å².